The van der Waals surface area contributed by atoms with E-state index in [1.165, 1.54) is 4.68 Å². The number of amides is 1. The summed E-state index contributed by atoms with van der Waals surface area (Å²) >= 11 is 0. The number of aromatic nitrogens is 4. The summed E-state index contributed by atoms with van der Waals surface area (Å²) in [6.45, 7) is 5.32. The molecule has 25 heavy (non-hydrogen) atoms. The monoisotopic (exact) mass is 345 g/mol. The lowest BCUT2D eigenvalue weighted by Crippen LogP contribution is -2.41. The van der Waals surface area contributed by atoms with Gasteiger partial charge in [0.2, 0.25) is 5.91 Å². The second-order valence-corrected chi connectivity index (χ2v) is 6.60. The van der Waals surface area contributed by atoms with Gasteiger partial charge < -0.3 is 10.0 Å². The second-order valence-electron chi connectivity index (χ2n) is 6.60. The number of nitrogens with zero attached hydrogens (tertiary/aromatic N) is 5. The van der Waals surface area contributed by atoms with Gasteiger partial charge in [0.15, 0.2) is 0 Å². The molecule has 0 aromatic carbocycles. The Kier molecular flexibility index (Phi) is 4.87. The molecule has 1 aliphatic heterocycles. The molecular formula is C17H23N5O3. The molecule has 1 amide bonds. The van der Waals surface area contributed by atoms with Crippen molar-refractivity contribution in [1.29, 1.82) is 0 Å². The predicted molar refractivity (Wildman–Crippen MR) is 90.1 cm³/mol. The van der Waals surface area contributed by atoms with Crippen molar-refractivity contribution in [2.24, 2.45) is 0 Å². The lowest BCUT2D eigenvalue weighted by Gasteiger charge is -2.32. The molecule has 3 rings (SSSR count). The molecular weight excluding hydrogens is 322 g/mol. The first-order valence-electron chi connectivity index (χ1n) is 8.46. The van der Waals surface area contributed by atoms with Crippen LogP contribution in [0.3, 0.4) is 0 Å². The van der Waals surface area contributed by atoms with Crippen molar-refractivity contribution in [2.45, 2.75) is 45.7 Å². The van der Waals surface area contributed by atoms with Gasteiger partial charge in [-0.1, -0.05) is 0 Å². The van der Waals surface area contributed by atoms with Gasteiger partial charge in [0.1, 0.15) is 13.1 Å². The number of likely N-dealkylation sites (tertiary alicyclic amines) is 1. The molecule has 134 valence electrons. The van der Waals surface area contributed by atoms with Crippen LogP contribution in [0.25, 0.3) is 0 Å². The maximum Gasteiger partial charge on any atom is 0.325 e. The number of hydrogen-bond acceptors (Lipinski definition) is 4. The van der Waals surface area contributed by atoms with Crippen molar-refractivity contribution < 1.29 is 14.7 Å². The number of aryl methyl sites for hydroxylation is 2. The van der Waals surface area contributed by atoms with Crippen molar-refractivity contribution in [3.05, 3.63) is 35.4 Å². The van der Waals surface area contributed by atoms with E-state index in [0.717, 1.165) is 36.5 Å². The summed E-state index contributed by atoms with van der Waals surface area (Å²) in [7, 11) is 0. The van der Waals surface area contributed by atoms with Crippen molar-refractivity contribution in [3.8, 4) is 0 Å². The molecule has 2 aromatic heterocycles. The van der Waals surface area contributed by atoms with E-state index in [1.807, 2.05) is 30.9 Å². The average Bonchev–Trinajstić information content (AvgIpc) is 3.13. The van der Waals surface area contributed by atoms with Crippen LogP contribution in [0.15, 0.2) is 18.3 Å². The highest BCUT2D eigenvalue weighted by molar-refractivity contribution is 5.76. The smallest absolute Gasteiger partial charge is 0.325 e. The fourth-order valence-corrected chi connectivity index (χ4v) is 3.33. The van der Waals surface area contributed by atoms with Gasteiger partial charge in [0, 0.05) is 30.9 Å². The molecule has 2 aromatic rings. The number of hydrogen-bond donors (Lipinski definition) is 1. The summed E-state index contributed by atoms with van der Waals surface area (Å²) in [5, 5.41) is 17.5. The van der Waals surface area contributed by atoms with E-state index in [9.17, 15) is 9.59 Å². The van der Waals surface area contributed by atoms with Gasteiger partial charge in [-0.25, -0.2) is 0 Å². The summed E-state index contributed by atoms with van der Waals surface area (Å²) in [5.41, 5.74) is 2.74. The van der Waals surface area contributed by atoms with Crippen LogP contribution < -0.4 is 0 Å². The van der Waals surface area contributed by atoms with Crippen LogP contribution >= 0.6 is 0 Å². The van der Waals surface area contributed by atoms with Crippen LogP contribution in [0.1, 0.15) is 35.8 Å². The fourth-order valence-electron chi connectivity index (χ4n) is 3.33. The summed E-state index contributed by atoms with van der Waals surface area (Å²) < 4.78 is 3.16. The van der Waals surface area contributed by atoms with Crippen LogP contribution in [-0.4, -0.2) is 54.5 Å². The molecule has 1 fully saturated rings. The van der Waals surface area contributed by atoms with E-state index in [0.29, 0.717) is 6.54 Å². The Labute approximate surface area is 146 Å². The van der Waals surface area contributed by atoms with Gasteiger partial charge in [0.05, 0.1) is 11.4 Å². The van der Waals surface area contributed by atoms with Crippen molar-refractivity contribution in [1.82, 2.24) is 24.5 Å². The van der Waals surface area contributed by atoms with Gasteiger partial charge in [-0.15, -0.1) is 0 Å². The standard InChI is InChI=1S/C17H23N5O3/c1-12-8-13(2)22(18-12)10-16(23)20-6-3-4-14(9-20)15-5-7-21(19-15)11-17(24)25/h5,7-8,14H,3-4,6,9-11H2,1-2H3,(H,24,25)/t14-/m1/s1. The van der Waals surface area contributed by atoms with E-state index in [1.54, 1.807) is 10.9 Å². The summed E-state index contributed by atoms with van der Waals surface area (Å²) in [4.78, 5) is 25.3. The van der Waals surface area contributed by atoms with Crippen LogP contribution in [0, 0.1) is 13.8 Å². The van der Waals surface area contributed by atoms with Crippen LogP contribution in [-0.2, 0) is 22.7 Å². The molecule has 3 heterocycles. The Morgan fingerprint density at radius 2 is 2.08 bits per heavy atom. The fraction of sp³-hybridized carbons (Fsp3) is 0.529. The highest BCUT2D eigenvalue weighted by Gasteiger charge is 2.26. The third-order valence-corrected chi connectivity index (χ3v) is 4.54. The first-order valence-corrected chi connectivity index (χ1v) is 8.46. The zero-order chi connectivity index (χ0) is 18.0. The molecule has 0 bridgehead atoms. The molecule has 1 saturated heterocycles. The van der Waals surface area contributed by atoms with E-state index >= 15 is 0 Å². The molecule has 1 N–H and O–H groups in total. The zero-order valence-electron chi connectivity index (χ0n) is 14.6. The van der Waals surface area contributed by atoms with E-state index in [4.69, 9.17) is 5.11 Å². The van der Waals surface area contributed by atoms with Crippen LogP contribution in [0.2, 0.25) is 0 Å². The molecule has 0 saturated carbocycles. The Morgan fingerprint density at radius 1 is 1.28 bits per heavy atom. The SMILES string of the molecule is Cc1cc(C)n(CC(=O)N2CCC[C@@H](c3ccn(CC(=O)O)n3)C2)n1. The van der Waals surface area contributed by atoms with Gasteiger partial charge in [-0.05, 0) is 38.8 Å². The first-order chi connectivity index (χ1) is 11.9. The Balaban J connectivity index is 1.64. The average molecular weight is 345 g/mol. The lowest BCUT2D eigenvalue weighted by atomic mass is 9.95. The maximum atomic E-state index is 12.6. The predicted octanol–water partition coefficient (Wildman–Crippen LogP) is 1.19. The van der Waals surface area contributed by atoms with Gasteiger partial charge >= 0.3 is 5.97 Å². The van der Waals surface area contributed by atoms with Crippen molar-refractivity contribution in [3.63, 3.8) is 0 Å². The number of carbonyl (C=O) groups is 2. The minimum atomic E-state index is -0.917. The highest BCUT2D eigenvalue weighted by atomic mass is 16.4. The maximum absolute atomic E-state index is 12.6. The highest BCUT2D eigenvalue weighted by Crippen LogP contribution is 2.25. The molecule has 0 radical (unpaired) electrons. The third-order valence-electron chi connectivity index (χ3n) is 4.54. The van der Waals surface area contributed by atoms with Gasteiger partial charge in [0.25, 0.3) is 0 Å². The zero-order valence-corrected chi connectivity index (χ0v) is 14.6. The quantitative estimate of drug-likeness (QED) is 0.878. The normalized spacial score (nSPS) is 17.7. The molecule has 0 spiro atoms. The van der Waals surface area contributed by atoms with Gasteiger partial charge in [-0.2, -0.15) is 10.2 Å². The largest absolute Gasteiger partial charge is 0.480 e. The Hall–Kier alpha value is -2.64. The second kappa shape index (κ2) is 7.08. The van der Waals surface area contributed by atoms with Gasteiger partial charge in [-0.3, -0.25) is 19.0 Å². The summed E-state index contributed by atoms with van der Waals surface area (Å²) in [6, 6.07) is 3.81. The van der Waals surface area contributed by atoms with Crippen LogP contribution in [0.4, 0.5) is 0 Å². The molecule has 0 aliphatic carbocycles. The van der Waals surface area contributed by atoms with Crippen LogP contribution in [0.5, 0.6) is 0 Å². The number of carbonyl (C=O) groups excluding carboxylic acids is 1. The first kappa shape index (κ1) is 17.2. The number of piperidine rings is 1. The minimum absolute atomic E-state index is 0.0564. The third kappa shape index (κ3) is 4.07. The van der Waals surface area contributed by atoms with Crippen molar-refractivity contribution in [2.75, 3.05) is 13.1 Å². The number of rotatable bonds is 5. The topological polar surface area (TPSA) is 93.2 Å². The number of aliphatic carboxylic acids is 1. The summed E-state index contributed by atoms with van der Waals surface area (Å²) in [5.74, 6) is -0.714. The lowest BCUT2D eigenvalue weighted by molar-refractivity contribution is -0.138. The Bertz CT molecular complexity index is 779. The molecule has 1 atom stereocenters. The van der Waals surface area contributed by atoms with Crippen molar-refractivity contribution >= 4 is 11.9 Å². The Morgan fingerprint density at radius 3 is 2.76 bits per heavy atom. The van der Waals surface area contributed by atoms with E-state index in [2.05, 4.69) is 10.2 Å². The molecule has 8 heteroatoms. The van der Waals surface area contributed by atoms with E-state index < -0.39 is 5.97 Å². The molecule has 8 nitrogen and oxygen atoms in total. The molecule has 1 aliphatic rings. The molecule has 0 unspecified atom stereocenters. The minimum Gasteiger partial charge on any atom is -0.480 e. The number of carboxylic acids is 1. The number of carboxylic acid groups (broad SMARTS) is 1. The summed E-state index contributed by atoms with van der Waals surface area (Å²) in [6.07, 6.45) is 3.55. The van der Waals surface area contributed by atoms with E-state index in [-0.39, 0.29) is 24.9 Å².